The van der Waals surface area contributed by atoms with Crippen LogP contribution in [-0.4, -0.2) is 20.8 Å². The van der Waals surface area contributed by atoms with Crippen LogP contribution >= 0.6 is 0 Å². The second-order valence-electron chi connectivity index (χ2n) is 3.48. The number of hydrogen-bond acceptors (Lipinski definition) is 3. The quantitative estimate of drug-likeness (QED) is 0.832. The van der Waals surface area contributed by atoms with Gasteiger partial charge in [0.25, 0.3) is 0 Å². The van der Waals surface area contributed by atoms with Gasteiger partial charge in [-0.2, -0.15) is 0 Å². The zero-order chi connectivity index (χ0) is 10.7. The van der Waals surface area contributed by atoms with Crippen molar-refractivity contribution in [3.05, 3.63) is 36.1 Å². The molecule has 3 nitrogen and oxygen atoms in total. The summed E-state index contributed by atoms with van der Waals surface area (Å²) in [6.07, 6.45) is 0. The van der Waals surface area contributed by atoms with Gasteiger partial charge in [0.05, 0.1) is 12.6 Å². The first kappa shape index (κ1) is 10.2. The lowest BCUT2D eigenvalue weighted by Crippen LogP contribution is -2.20. The Morgan fingerprint density at radius 2 is 2.20 bits per heavy atom. The molecule has 0 spiro atoms. The number of para-hydroxylation sites is 1. The lowest BCUT2D eigenvalue weighted by molar-refractivity contribution is 0.162. The van der Waals surface area contributed by atoms with Gasteiger partial charge >= 0.3 is 0 Å². The largest absolute Gasteiger partial charge is 0.459 e. The summed E-state index contributed by atoms with van der Waals surface area (Å²) in [6, 6.07) is 10.2. The highest BCUT2D eigenvalue weighted by Crippen LogP contribution is 2.23. The Morgan fingerprint density at radius 3 is 2.87 bits per heavy atom. The molecule has 0 aliphatic carbocycles. The molecule has 2 aromatic rings. The maximum atomic E-state index is 5.73. The van der Waals surface area contributed by atoms with Crippen LogP contribution in [0.1, 0.15) is 11.8 Å². The van der Waals surface area contributed by atoms with Crippen LogP contribution in [0.4, 0.5) is 0 Å². The van der Waals surface area contributed by atoms with Crippen LogP contribution in [0, 0.1) is 0 Å². The highest BCUT2D eigenvalue weighted by molar-refractivity contribution is 5.77. The number of hydrogen-bond donors (Lipinski definition) is 1. The summed E-state index contributed by atoms with van der Waals surface area (Å²) >= 11 is 0. The summed E-state index contributed by atoms with van der Waals surface area (Å²) in [5.41, 5.74) is 0.920. The minimum Gasteiger partial charge on any atom is -0.459 e. The number of furan rings is 1. The zero-order valence-electron chi connectivity index (χ0n) is 8.99. The number of fused-ring (bicyclic) bond motifs is 1. The number of likely N-dealkylation sites (N-methyl/N-ethyl adjacent to an activating group) is 1. The molecule has 0 saturated carbocycles. The molecule has 1 unspecified atom stereocenters. The average Bonchev–Trinajstić information content (AvgIpc) is 2.69. The molecular weight excluding hydrogens is 190 g/mol. The van der Waals surface area contributed by atoms with Crippen molar-refractivity contribution in [1.82, 2.24) is 5.32 Å². The molecule has 3 heteroatoms. The second-order valence-corrected chi connectivity index (χ2v) is 3.48. The van der Waals surface area contributed by atoms with E-state index in [4.69, 9.17) is 9.15 Å². The van der Waals surface area contributed by atoms with Gasteiger partial charge in [-0.3, -0.25) is 0 Å². The fourth-order valence-corrected chi connectivity index (χ4v) is 1.65. The topological polar surface area (TPSA) is 34.4 Å². The summed E-state index contributed by atoms with van der Waals surface area (Å²) in [7, 11) is 3.59. The Kier molecular flexibility index (Phi) is 3.04. The van der Waals surface area contributed by atoms with Crippen LogP contribution in [-0.2, 0) is 4.74 Å². The number of benzene rings is 1. The predicted octanol–water partition coefficient (Wildman–Crippen LogP) is 2.34. The molecule has 0 aliphatic rings. The molecule has 0 radical (unpaired) electrons. The van der Waals surface area contributed by atoms with Gasteiger partial charge in [0.15, 0.2) is 0 Å². The Bertz CT molecular complexity index is 403. The maximum Gasteiger partial charge on any atom is 0.134 e. The molecule has 1 heterocycles. The zero-order valence-corrected chi connectivity index (χ0v) is 8.99. The van der Waals surface area contributed by atoms with Crippen molar-refractivity contribution in [2.24, 2.45) is 0 Å². The molecule has 1 aromatic heterocycles. The van der Waals surface area contributed by atoms with E-state index < -0.39 is 0 Å². The van der Waals surface area contributed by atoms with Crippen molar-refractivity contribution in [2.75, 3.05) is 20.8 Å². The van der Waals surface area contributed by atoms with Crippen molar-refractivity contribution in [3.8, 4) is 0 Å². The molecule has 1 aromatic carbocycles. The van der Waals surface area contributed by atoms with E-state index in [1.807, 2.05) is 31.3 Å². The van der Waals surface area contributed by atoms with Crippen molar-refractivity contribution in [3.63, 3.8) is 0 Å². The first-order valence-electron chi connectivity index (χ1n) is 5.00. The van der Waals surface area contributed by atoms with Crippen molar-refractivity contribution in [2.45, 2.75) is 6.04 Å². The molecule has 0 bridgehead atoms. The van der Waals surface area contributed by atoms with Gasteiger partial charge < -0.3 is 14.5 Å². The van der Waals surface area contributed by atoms with E-state index in [0.29, 0.717) is 6.61 Å². The molecule has 0 amide bonds. The third-order valence-electron chi connectivity index (χ3n) is 2.47. The third-order valence-corrected chi connectivity index (χ3v) is 2.47. The van der Waals surface area contributed by atoms with Gasteiger partial charge in [0.2, 0.25) is 0 Å². The third kappa shape index (κ3) is 2.03. The Morgan fingerprint density at radius 1 is 1.40 bits per heavy atom. The minimum atomic E-state index is 0.113. The van der Waals surface area contributed by atoms with E-state index in [1.165, 1.54) is 0 Å². The Balaban J connectivity index is 2.34. The molecule has 0 fully saturated rings. The van der Waals surface area contributed by atoms with Gasteiger partial charge in [0, 0.05) is 12.5 Å². The monoisotopic (exact) mass is 205 g/mol. The fraction of sp³-hybridized carbons (Fsp3) is 0.333. The van der Waals surface area contributed by atoms with Gasteiger partial charge in [-0.05, 0) is 19.2 Å². The van der Waals surface area contributed by atoms with Crippen LogP contribution < -0.4 is 5.32 Å². The lowest BCUT2D eigenvalue weighted by Gasteiger charge is -2.11. The van der Waals surface area contributed by atoms with Crippen LogP contribution in [0.5, 0.6) is 0 Å². The normalized spacial score (nSPS) is 13.2. The predicted molar refractivity (Wildman–Crippen MR) is 59.9 cm³/mol. The number of methoxy groups -OCH3 is 1. The maximum absolute atomic E-state index is 5.73. The van der Waals surface area contributed by atoms with Gasteiger partial charge in [-0.25, -0.2) is 0 Å². The summed E-state index contributed by atoms with van der Waals surface area (Å²) in [6.45, 7) is 0.607. The number of rotatable bonds is 4. The van der Waals surface area contributed by atoms with E-state index in [0.717, 1.165) is 16.7 Å². The van der Waals surface area contributed by atoms with Crippen molar-refractivity contribution < 1.29 is 9.15 Å². The number of nitrogens with one attached hydrogen (secondary N) is 1. The molecule has 80 valence electrons. The molecule has 1 atom stereocenters. The fourth-order valence-electron chi connectivity index (χ4n) is 1.65. The van der Waals surface area contributed by atoms with Crippen LogP contribution in [0.25, 0.3) is 11.0 Å². The second kappa shape index (κ2) is 4.47. The molecular formula is C12H15NO2. The van der Waals surface area contributed by atoms with Crippen molar-refractivity contribution >= 4 is 11.0 Å². The summed E-state index contributed by atoms with van der Waals surface area (Å²) in [5, 5.41) is 4.29. The average molecular weight is 205 g/mol. The Hall–Kier alpha value is -1.32. The van der Waals surface area contributed by atoms with Gasteiger partial charge in [0.1, 0.15) is 11.3 Å². The molecule has 1 N–H and O–H groups in total. The van der Waals surface area contributed by atoms with Crippen LogP contribution in [0.15, 0.2) is 34.7 Å². The summed E-state index contributed by atoms with van der Waals surface area (Å²) < 4.78 is 10.9. The highest BCUT2D eigenvalue weighted by Gasteiger charge is 2.13. The SMILES string of the molecule is CNC(COC)c1cc2ccccc2o1. The first-order valence-corrected chi connectivity index (χ1v) is 5.00. The summed E-state index contributed by atoms with van der Waals surface area (Å²) in [4.78, 5) is 0. The van der Waals surface area contributed by atoms with Gasteiger partial charge in [-0.15, -0.1) is 0 Å². The van der Waals surface area contributed by atoms with Crippen LogP contribution in [0.2, 0.25) is 0 Å². The number of ether oxygens (including phenoxy) is 1. The summed E-state index contributed by atoms with van der Waals surface area (Å²) in [5.74, 6) is 0.917. The minimum absolute atomic E-state index is 0.113. The Labute approximate surface area is 89.0 Å². The molecule has 0 aliphatic heterocycles. The van der Waals surface area contributed by atoms with Crippen molar-refractivity contribution in [1.29, 1.82) is 0 Å². The van der Waals surface area contributed by atoms with E-state index in [9.17, 15) is 0 Å². The van der Waals surface area contributed by atoms with Gasteiger partial charge in [-0.1, -0.05) is 18.2 Å². The standard InChI is InChI=1S/C12H15NO2/c1-13-10(8-14-2)12-7-9-5-3-4-6-11(9)15-12/h3-7,10,13H,8H2,1-2H3. The van der Waals surface area contributed by atoms with E-state index in [2.05, 4.69) is 11.4 Å². The van der Waals surface area contributed by atoms with Crippen LogP contribution in [0.3, 0.4) is 0 Å². The van der Waals surface area contributed by atoms with E-state index in [-0.39, 0.29) is 6.04 Å². The molecule has 2 rings (SSSR count). The lowest BCUT2D eigenvalue weighted by atomic mass is 10.2. The van der Waals surface area contributed by atoms with E-state index in [1.54, 1.807) is 7.11 Å². The smallest absolute Gasteiger partial charge is 0.134 e. The van der Waals surface area contributed by atoms with E-state index >= 15 is 0 Å². The highest BCUT2D eigenvalue weighted by atomic mass is 16.5. The molecule has 0 saturated heterocycles. The molecule has 15 heavy (non-hydrogen) atoms. The first-order chi connectivity index (χ1) is 7.35.